The summed E-state index contributed by atoms with van der Waals surface area (Å²) in [7, 11) is 1.20. The summed E-state index contributed by atoms with van der Waals surface area (Å²) in [6.45, 7) is 3.27. The Labute approximate surface area is 173 Å². The lowest BCUT2D eigenvalue weighted by atomic mass is 9.75. The second-order valence-corrected chi connectivity index (χ2v) is 7.47. The number of ether oxygens (including phenoxy) is 2. The van der Waals surface area contributed by atoms with E-state index in [0.29, 0.717) is 11.4 Å². The van der Waals surface area contributed by atoms with Gasteiger partial charge in [0.25, 0.3) is 5.91 Å². The molecule has 1 heterocycles. The lowest BCUT2D eigenvalue weighted by Crippen LogP contribution is -2.61. The van der Waals surface area contributed by atoms with E-state index in [1.54, 1.807) is 32.0 Å². The highest BCUT2D eigenvalue weighted by Gasteiger charge is 2.71. The number of nitrogens with one attached hydrogen (secondary N) is 1. The van der Waals surface area contributed by atoms with Crippen LogP contribution in [0.5, 0.6) is 0 Å². The molecule has 2 atom stereocenters. The van der Waals surface area contributed by atoms with E-state index in [2.05, 4.69) is 5.43 Å². The Balaban J connectivity index is 2.08. The molecule has 1 aliphatic heterocycles. The van der Waals surface area contributed by atoms with Crippen molar-refractivity contribution >= 4 is 29.4 Å². The monoisotopic (exact) mass is 422 g/mol. The maximum absolute atomic E-state index is 13.0. The van der Waals surface area contributed by atoms with Crippen molar-refractivity contribution in [2.75, 3.05) is 13.7 Å². The lowest BCUT2D eigenvalue weighted by molar-refractivity contribution is -0.187. The highest BCUT2D eigenvalue weighted by atomic mass is 35.5. The van der Waals surface area contributed by atoms with Crippen LogP contribution in [-0.2, 0) is 19.1 Å². The molecule has 0 saturated heterocycles. The molecular weight excluding hydrogens is 400 g/mol. The third-order valence-corrected chi connectivity index (χ3v) is 5.80. The van der Waals surface area contributed by atoms with Crippen LogP contribution in [0.2, 0.25) is 5.02 Å². The van der Waals surface area contributed by atoms with Crippen molar-refractivity contribution in [2.24, 2.45) is 5.41 Å². The first-order chi connectivity index (χ1) is 13.7. The number of hydrogen-bond donors (Lipinski definition) is 2. The van der Waals surface area contributed by atoms with Crippen molar-refractivity contribution in [3.8, 4) is 0 Å². The van der Waals surface area contributed by atoms with Crippen LogP contribution in [0.4, 0.5) is 0 Å². The average Bonchev–Trinajstić information content (AvgIpc) is 3.12. The van der Waals surface area contributed by atoms with Gasteiger partial charge in [-0.05, 0) is 51.3 Å². The van der Waals surface area contributed by atoms with Gasteiger partial charge in [-0.2, -0.15) is 0 Å². The topological polar surface area (TPSA) is 105 Å². The van der Waals surface area contributed by atoms with Gasteiger partial charge in [0.15, 0.2) is 11.1 Å². The first-order valence-electron chi connectivity index (χ1n) is 9.29. The van der Waals surface area contributed by atoms with Crippen LogP contribution < -0.4 is 5.43 Å². The van der Waals surface area contributed by atoms with Crippen LogP contribution in [0.1, 0.15) is 43.5 Å². The predicted octanol–water partition coefficient (Wildman–Crippen LogP) is 2.17. The Hall–Kier alpha value is -2.58. The van der Waals surface area contributed by atoms with Gasteiger partial charge in [-0.25, -0.2) is 4.79 Å². The number of allylic oxidation sites excluding steroid dienone is 1. The molecule has 29 heavy (non-hydrogen) atoms. The molecule has 1 aromatic rings. The average molecular weight is 423 g/mol. The fraction of sp³-hybridized carbons (Fsp3) is 0.450. The molecule has 1 fully saturated rings. The molecule has 0 unspecified atom stereocenters. The normalized spacial score (nSPS) is 25.6. The summed E-state index contributed by atoms with van der Waals surface area (Å²) in [6.07, 6.45) is 0.791. The van der Waals surface area contributed by atoms with Crippen LogP contribution in [-0.4, -0.2) is 47.4 Å². The smallest absolute Gasteiger partial charge is 0.336 e. The summed E-state index contributed by atoms with van der Waals surface area (Å²) in [4.78, 5) is 38.4. The van der Waals surface area contributed by atoms with Gasteiger partial charge in [0, 0.05) is 16.3 Å². The molecule has 0 aromatic heterocycles. The number of carbonyl (C=O) groups is 3. The number of hydrazine groups is 1. The Kier molecular flexibility index (Phi) is 5.60. The van der Waals surface area contributed by atoms with Gasteiger partial charge in [0.2, 0.25) is 0 Å². The van der Waals surface area contributed by atoms with E-state index in [9.17, 15) is 19.5 Å². The number of nitrogens with zero attached hydrogens (tertiary/aromatic N) is 1. The molecule has 2 N–H and O–H groups in total. The van der Waals surface area contributed by atoms with Gasteiger partial charge >= 0.3 is 11.9 Å². The number of esters is 2. The minimum Gasteiger partial charge on any atom is -0.466 e. The summed E-state index contributed by atoms with van der Waals surface area (Å²) in [5, 5.41) is 13.2. The van der Waals surface area contributed by atoms with E-state index in [0.717, 1.165) is 0 Å². The summed E-state index contributed by atoms with van der Waals surface area (Å²) >= 11 is 5.96. The summed E-state index contributed by atoms with van der Waals surface area (Å²) in [5.74, 6) is -2.02. The molecule has 2 aliphatic rings. The zero-order chi connectivity index (χ0) is 21.4. The van der Waals surface area contributed by atoms with Gasteiger partial charge in [-0.3, -0.25) is 20.0 Å². The quantitative estimate of drug-likeness (QED) is 0.700. The van der Waals surface area contributed by atoms with E-state index < -0.39 is 29.0 Å². The first kappa shape index (κ1) is 21.1. The van der Waals surface area contributed by atoms with E-state index in [4.69, 9.17) is 21.1 Å². The van der Waals surface area contributed by atoms with Crippen molar-refractivity contribution in [1.82, 2.24) is 10.4 Å². The van der Waals surface area contributed by atoms with Crippen LogP contribution in [0.3, 0.4) is 0 Å². The van der Waals surface area contributed by atoms with Crippen molar-refractivity contribution < 1.29 is 29.0 Å². The highest BCUT2D eigenvalue weighted by molar-refractivity contribution is 6.30. The van der Waals surface area contributed by atoms with Gasteiger partial charge in [-0.15, -0.1) is 0 Å². The van der Waals surface area contributed by atoms with Gasteiger partial charge in [-0.1, -0.05) is 17.7 Å². The number of benzene rings is 1. The largest absolute Gasteiger partial charge is 0.466 e. The number of carbonyl (C=O) groups excluding carboxylic acids is 3. The summed E-state index contributed by atoms with van der Waals surface area (Å²) in [6, 6.07) is 6.29. The van der Waals surface area contributed by atoms with Crippen LogP contribution >= 0.6 is 11.6 Å². The first-order valence-corrected chi connectivity index (χ1v) is 9.66. The fourth-order valence-corrected chi connectivity index (χ4v) is 4.55. The molecule has 1 aliphatic carbocycles. The number of hydrogen-bond acceptors (Lipinski definition) is 7. The molecule has 0 bridgehead atoms. The Bertz CT molecular complexity index is 901. The predicted molar refractivity (Wildman–Crippen MR) is 103 cm³/mol. The molecule has 3 rings (SSSR count). The molecule has 1 amide bonds. The Morgan fingerprint density at radius 2 is 2.03 bits per heavy atom. The van der Waals surface area contributed by atoms with E-state index in [-0.39, 0.29) is 36.3 Å². The Morgan fingerprint density at radius 1 is 1.31 bits per heavy atom. The minimum atomic E-state index is -1.86. The van der Waals surface area contributed by atoms with Gasteiger partial charge in [0.05, 0.1) is 19.3 Å². The minimum absolute atomic E-state index is 0.00940. The zero-order valence-electron chi connectivity index (χ0n) is 16.5. The maximum atomic E-state index is 13.0. The number of rotatable bonds is 5. The number of aliphatic hydroxyl groups is 1. The van der Waals surface area contributed by atoms with Crippen LogP contribution in [0.15, 0.2) is 35.5 Å². The van der Waals surface area contributed by atoms with Crippen molar-refractivity contribution in [1.29, 1.82) is 0 Å². The highest BCUT2D eigenvalue weighted by Crippen LogP contribution is 2.59. The van der Waals surface area contributed by atoms with Gasteiger partial charge in [0.1, 0.15) is 0 Å². The number of amides is 1. The third-order valence-electron chi connectivity index (χ3n) is 5.57. The van der Waals surface area contributed by atoms with E-state index >= 15 is 0 Å². The Morgan fingerprint density at radius 3 is 2.66 bits per heavy atom. The number of methoxy groups -OCH3 is 1. The third kappa shape index (κ3) is 3.07. The molecule has 0 radical (unpaired) electrons. The molecule has 0 spiro atoms. The van der Waals surface area contributed by atoms with Crippen molar-refractivity contribution in [3.63, 3.8) is 0 Å². The number of fused-ring (bicyclic) bond motifs is 1. The SMILES string of the molecule is CCOC(=O)[C@@]12CCC[C@]1(O)N(NC(=O)c1cccc(Cl)c1)C(C)=C2C(=O)OC. The maximum Gasteiger partial charge on any atom is 0.336 e. The molecule has 1 aromatic carbocycles. The molecule has 156 valence electrons. The molecule has 9 heteroatoms. The lowest BCUT2D eigenvalue weighted by Gasteiger charge is -2.41. The molecule has 8 nitrogen and oxygen atoms in total. The second-order valence-electron chi connectivity index (χ2n) is 7.03. The van der Waals surface area contributed by atoms with E-state index in [1.165, 1.54) is 18.2 Å². The van der Waals surface area contributed by atoms with Crippen molar-refractivity contribution in [2.45, 2.75) is 38.8 Å². The fourth-order valence-electron chi connectivity index (χ4n) is 4.36. The second kappa shape index (κ2) is 7.68. The van der Waals surface area contributed by atoms with Crippen molar-refractivity contribution in [3.05, 3.63) is 46.1 Å². The number of halogens is 1. The summed E-state index contributed by atoms with van der Waals surface area (Å²) < 4.78 is 10.1. The van der Waals surface area contributed by atoms with Crippen LogP contribution in [0.25, 0.3) is 0 Å². The summed E-state index contributed by atoms with van der Waals surface area (Å²) in [5.41, 5.74) is -0.405. The molecular formula is C20H23ClN2O6. The van der Waals surface area contributed by atoms with Crippen LogP contribution in [0, 0.1) is 5.41 Å². The van der Waals surface area contributed by atoms with Gasteiger partial charge < -0.3 is 14.6 Å². The zero-order valence-corrected chi connectivity index (χ0v) is 17.2. The molecule has 1 saturated carbocycles. The standard InChI is InChI=1S/C20H23ClN2O6/c1-4-29-18(26)19-9-6-10-20(19,27)23(12(2)15(19)17(25)28-3)22-16(24)13-7-5-8-14(21)11-13/h5,7-8,11,27H,4,6,9-10H2,1-3H3,(H,22,24)/t19-,20+/m0/s1. The van der Waals surface area contributed by atoms with E-state index in [1.807, 2.05) is 0 Å².